The second kappa shape index (κ2) is 10.1. The zero-order chi connectivity index (χ0) is 21.5. The van der Waals surface area contributed by atoms with Crippen LogP contribution in [-0.2, 0) is 9.53 Å². The van der Waals surface area contributed by atoms with E-state index in [2.05, 4.69) is 10.3 Å². The van der Waals surface area contributed by atoms with Gasteiger partial charge in [-0.3, -0.25) is 4.79 Å². The van der Waals surface area contributed by atoms with Gasteiger partial charge in [-0.2, -0.15) is 0 Å². The minimum Gasteiger partial charge on any atom is -0.482 e. The van der Waals surface area contributed by atoms with Gasteiger partial charge in [0.05, 0.1) is 12.3 Å². The first-order valence-electron chi connectivity index (χ1n) is 9.08. The Balaban J connectivity index is 1.72. The number of amides is 1. The van der Waals surface area contributed by atoms with E-state index in [1.807, 2.05) is 0 Å². The number of aromatic nitrogens is 1. The van der Waals surface area contributed by atoms with Crippen LogP contribution in [0.5, 0.6) is 5.75 Å². The van der Waals surface area contributed by atoms with Gasteiger partial charge in [0, 0.05) is 27.4 Å². The fourth-order valence-electron chi connectivity index (χ4n) is 2.63. The van der Waals surface area contributed by atoms with Crippen LogP contribution in [0.1, 0.15) is 17.4 Å². The highest BCUT2D eigenvalue weighted by molar-refractivity contribution is 6.35. The van der Waals surface area contributed by atoms with Gasteiger partial charge >= 0.3 is 5.97 Å². The van der Waals surface area contributed by atoms with E-state index in [1.165, 1.54) is 0 Å². The number of rotatable bonds is 7. The van der Waals surface area contributed by atoms with E-state index in [9.17, 15) is 9.59 Å². The molecule has 1 amide bonds. The summed E-state index contributed by atoms with van der Waals surface area (Å²) in [7, 11) is 0. The molecule has 0 aliphatic carbocycles. The highest BCUT2D eigenvalue weighted by atomic mass is 35.5. The van der Waals surface area contributed by atoms with E-state index >= 15 is 0 Å². The predicted octanol–water partition coefficient (Wildman–Crippen LogP) is 5.25. The number of nitrogens with zero attached hydrogens (tertiary/aromatic N) is 1. The molecule has 154 valence electrons. The number of ether oxygens (including phenoxy) is 2. The number of anilines is 1. The Morgan fingerprint density at radius 1 is 1.00 bits per heavy atom. The summed E-state index contributed by atoms with van der Waals surface area (Å²) in [6.07, 6.45) is 0. The second-order valence-corrected chi connectivity index (χ2v) is 7.01. The Morgan fingerprint density at radius 3 is 2.47 bits per heavy atom. The Kier molecular flexibility index (Phi) is 7.27. The molecule has 0 radical (unpaired) electrons. The van der Waals surface area contributed by atoms with E-state index in [1.54, 1.807) is 67.6 Å². The van der Waals surface area contributed by atoms with Crippen molar-refractivity contribution >= 4 is 40.8 Å². The number of nitrogens with one attached hydrogen (secondary N) is 1. The van der Waals surface area contributed by atoms with Crippen molar-refractivity contribution in [2.75, 3.05) is 18.5 Å². The van der Waals surface area contributed by atoms with Crippen molar-refractivity contribution < 1.29 is 19.1 Å². The van der Waals surface area contributed by atoms with Crippen molar-refractivity contribution in [3.05, 3.63) is 76.4 Å². The maximum absolute atomic E-state index is 12.7. The third-order valence-electron chi connectivity index (χ3n) is 3.89. The quantitative estimate of drug-likeness (QED) is 0.503. The molecule has 0 aliphatic heterocycles. The molecule has 1 heterocycles. The Hall–Kier alpha value is -3.09. The van der Waals surface area contributed by atoms with E-state index in [0.717, 1.165) is 0 Å². The molecule has 0 spiro atoms. The molecule has 0 atom stereocenters. The second-order valence-electron chi connectivity index (χ2n) is 6.14. The van der Waals surface area contributed by atoms with E-state index in [4.69, 9.17) is 32.7 Å². The van der Waals surface area contributed by atoms with Crippen LogP contribution in [0.4, 0.5) is 5.69 Å². The largest absolute Gasteiger partial charge is 0.482 e. The van der Waals surface area contributed by atoms with Crippen LogP contribution in [0.3, 0.4) is 0 Å². The summed E-state index contributed by atoms with van der Waals surface area (Å²) in [4.78, 5) is 28.5. The summed E-state index contributed by atoms with van der Waals surface area (Å²) in [6.45, 7) is 1.79. The maximum atomic E-state index is 12.7. The molecule has 2 aromatic carbocycles. The fraction of sp³-hybridized carbons (Fsp3) is 0.136. The van der Waals surface area contributed by atoms with Crippen molar-refractivity contribution in [3.63, 3.8) is 0 Å². The Morgan fingerprint density at radius 2 is 1.73 bits per heavy atom. The van der Waals surface area contributed by atoms with Gasteiger partial charge in [-0.25, -0.2) is 9.78 Å². The highest BCUT2D eigenvalue weighted by Crippen LogP contribution is 2.26. The SMILES string of the molecule is CCOC(=O)COc1cccc(NC(=O)c2cccc(-c3cc(Cl)cc(Cl)c3)n2)c1. The number of halogens is 2. The maximum Gasteiger partial charge on any atom is 0.344 e. The molecular formula is C22H18Cl2N2O4. The number of esters is 1. The summed E-state index contributed by atoms with van der Waals surface area (Å²) >= 11 is 12.1. The van der Waals surface area contributed by atoms with Gasteiger partial charge < -0.3 is 14.8 Å². The molecule has 8 heteroatoms. The average Bonchev–Trinajstić information content (AvgIpc) is 2.72. The molecule has 0 bridgehead atoms. The number of carbonyl (C=O) groups is 2. The van der Waals surface area contributed by atoms with Crippen molar-refractivity contribution in [2.45, 2.75) is 6.92 Å². The molecule has 1 aromatic heterocycles. The van der Waals surface area contributed by atoms with Gasteiger partial charge in [-0.05, 0) is 49.4 Å². The summed E-state index contributed by atoms with van der Waals surface area (Å²) in [6, 6.07) is 16.9. The molecule has 0 unspecified atom stereocenters. The van der Waals surface area contributed by atoms with Gasteiger partial charge in [0.15, 0.2) is 6.61 Å². The highest BCUT2D eigenvalue weighted by Gasteiger charge is 2.11. The fourth-order valence-corrected chi connectivity index (χ4v) is 3.15. The first kappa shape index (κ1) is 21.6. The lowest BCUT2D eigenvalue weighted by Crippen LogP contribution is -2.15. The molecule has 1 N–H and O–H groups in total. The van der Waals surface area contributed by atoms with Crippen LogP contribution in [0, 0.1) is 0 Å². The number of pyridine rings is 1. The Bertz CT molecular complexity index is 1050. The van der Waals surface area contributed by atoms with Crippen LogP contribution in [0.2, 0.25) is 10.0 Å². The van der Waals surface area contributed by atoms with Crippen LogP contribution in [-0.4, -0.2) is 30.1 Å². The number of carbonyl (C=O) groups excluding carboxylic acids is 2. The summed E-state index contributed by atoms with van der Waals surface area (Å²) in [5, 5.41) is 3.72. The van der Waals surface area contributed by atoms with Crippen LogP contribution in [0.25, 0.3) is 11.3 Å². The monoisotopic (exact) mass is 444 g/mol. The van der Waals surface area contributed by atoms with Gasteiger partial charge in [0.1, 0.15) is 11.4 Å². The molecule has 0 saturated heterocycles. The van der Waals surface area contributed by atoms with Crippen LogP contribution < -0.4 is 10.1 Å². The Labute approximate surface area is 183 Å². The van der Waals surface area contributed by atoms with Gasteiger partial charge in [0.2, 0.25) is 0 Å². The van der Waals surface area contributed by atoms with Gasteiger partial charge in [-0.15, -0.1) is 0 Å². The first-order chi connectivity index (χ1) is 14.4. The molecule has 3 rings (SSSR count). The first-order valence-corrected chi connectivity index (χ1v) is 9.83. The lowest BCUT2D eigenvalue weighted by molar-refractivity contribution is -0.145. The summed E-state index contributed by atoms with van der Waals surface area (Å²) in [5.41, 5.74) is 2.00. The lowest BCUT2D eigenvalue weighted by Gasteiger charge is -2.09. The zero-order valence-corrected chi connectivity index (χ0v) is 17.5. The number of hydrogen-bond acceptors (Lipinski definition) is 5. The normalized spacial score (nSPS) is 10.4. The third-order valence-corrected chi connectivity index (χ3v) is 4.33. The molecule has 6 nitrogen and oxygen atoms in total. The third kappa shape index (κ3) is 5.95. The number of benzene rings is 2. The van der Waals surface area contributed by atoms with E-state index < -0.39 is 11.9 Å². The molecule has 0 fully saturated rings. The predicted molar refractivity (Wildman–Crippen MR) is 116 cm³/mol. The standard InChI is InChI=1S/C22H18Cl2N2O4/c1-2-29-21(27)13-30-18-6-3-5-17(12-18)25-22(28)20-8-4-7-19(26-20)14-9-15(23)11-16(24)10-14/h3-12H,2,13H2,1H3,(H,25,28). The zero-order valence-electron chi connectivity index (χ0n) is 16.0. The molecule has 0 aliphatic rings. The molecule has 0 saturated carbocycles. The topological polar surface area (TPSA) is 77.5 Å². The smallest absolute Gasteiger partial charge is 0.344 e. The van der Waals surface area contributed by atoms with Crippen molar-refractivity contribution in [2.24, 2.45) is 0 Å². The summed E-state index contributed by atoms with van der Waals surface area (Å²) < 4.78 is 10.2. The number of hydrogen-bond donors (Lipinski definition) is 1. The average molecular weight is 445 g/mol. The minimum atomic E-state index is -0.464. The van der Waals surface area contributed by atoms with Crippen molar-refractivity contribution in [3.8, 4) is 17.0 Å². The van der Waals surface area contributed by atoms with E-state index in [-0.39, 0.29) is 18.9 Å². The molecular weight excluding hydrogens is 427 g/mol. The van der Waals surface area contributed by atoms with Gasteiger partial charge in [-0.1, -0.05) is 35.3 Å². The minimum absolute atomic E-state index is 0.211. The summed E-state index contributed by atoms with van der Waals surface area (Å²) in [5.74, 6) is -0.433. The van der Waals surface area contributed by atoms with Crippen LogP contribution in [0.15, 0.2) is 60.7 Å². The molecule has 30 heavy (non-hydrogen) atoms. The van der Waals surface area contributed by atoms with Crippen molar-refractivity contribution in [1.29, 1.82) is 0 Å². The van der Waals surface area contributed by atoms with Gasteiger partial charge in [0.25, 0.3) is 5.91 Å². The van der Waals surface area contributed by atoms with E-state index in [0.29, 0.717) is 32.7 Å². The van der Waals surface area contributed by atoms with Crippen LogP contribution >= 0.6 is 23.2 Å². The van der Waals surface area contributed by atoms with Crippen molar-refractivity contribution in [1.82, 2.24) is 4.98 Å². The molecule has 3 aromatic rings. The lowest BCUT2D eigenvalue weighted by atomic mass is 10.1.